The lowest BCUT2D eigenvalue weighted by molar-refractivity contribution is -0.125. The van der Waals surface area contributed by atoms with E-state index in [4.69, 9.17) is 5.11 Å². The van der Waals surface area contributed by atoms with Crippen LogP contribution in [0.2, 0.25) is 0 Å². The van der Waals surface area contributed by atoms with Gasteiger partial charge in [-0.05, 0) is 6.08 Å². The molecule has 0 fully saturated rings. The third-order valence-corrected chi connectivity index (χ3v) is 1.25. The van der Waals surface area contributed by atoms with Crippen molar-refractivity contribution < 1.29 is 14.7 Å². The van der Waals surface area contributed by atoms with Crippen molar-refractivity contribution in [1.29, 1.82) is 0 Å². The van der Waals surface area contributed by atoms with E-state index in [2.05, 4.69) is 0 Å². The van der Waals surface area contributed by atoms with E-state index in [0.29, 0.717) is 4.90 Å². The maximum Gasteiger partial charge on any atom is 0.418 e. The van der Waals surface area contributed by atoms with Crippen LogP contribution in [0.5, 0.6) is 0 Å². The van der Waals surface area contributed by atoms with Crippen LogP contribution in [-0.2, 0) is 4.79 Å². The Hall–Kier alpha value is -1.58. The summed E-state index contributed by atoms with van der Waals surface area (Å²) in [7, 11) is 0. The number of carboxylic acid groups (broad SMARTS) is 1. The zero-order valence-electron chi connectivity index (χ0n) is 5.73. The highest BCUT2D eigenvalue weighted by atomic mass is 16.4. The van der Waals surface area contributed by atoms with Gasteiger partial charge in [0, 0.05) is 12.6 Å². The fourth-order valence-electron chi connectivity index (χ4n) is 0.735. The van der Waals surface area contributed by atoms with Gasteiger partial charge in [-0.3, -0.25) is 4.79 Å². The maximum absolute atomic E-state index is 10.9. The summed E-state index contributed by atoms with van der Waals surface area (Å²) in [4.78, 5) is 21.9. The van der Waals surface area contributed by atoms with Gasteiger partial charge in [-0.25, -0.2) is 9.69 Å². The van der Waals surface area contributed by atoms with E-state index in [1.807, 2.05) is 0 Å². The molecule has 0 aromatic carbocycles. The average Bonchev–Trinajstić information content (AvgIpc) is 2.13. The van der Waals surface area contributed by atoms with Gasteiger partial charge in [0.25, 0.3) is 0 Å². The van der Waals surface area contributed by atoms with Crippen molar-refractivity contribution in [2.45, 2.75) is 6.42 Å². The third kappa shape index (κ3) is 1.67. The summed E-state index contributed by atoms with van der Waals surface area (Å²) in [6.45, 7) is 0. The minimum Gasteiger partial charge on any atom is -0.464 e. The molecule has 0 unspecified atom stereocenters. The number of amides is 2. The molecule has 1 aliphatic heterocycles. The van der Waals surface area contributed by atoms with Crippen LogP contribution in [0.3, 0.4) is 0 Å². The van der Waals surface area contributed by atoms with E-state index < -0.39 is 12.0 Å². The van der Waals surface area contributed by atoms with Crippen molar-refractivity contribution in [2.24, 2.45) is 0 Å². The minimum absolute atomic E-state index is 0.138. The number of imide groups is 1. The smallest absolute Gasteiger partial charge is 0.418 e. The number of nitrogens with zero attached hydrogens (tertiary/aromatic N) is 1. The molecule has 4 nitrogen and oxygen atoms in total. The number of carbonyl (C=O) groups is 2. The number of hydrogen-bond donors (Lipinski definition) is 1. The Morgan fingerprint density at radius 3 is 2.91 bits per heavy atom. The van der Waals surface area contributed by atoms with Gasteiger partial charge >= 0.3 is 6.09 Å². The molecule has 0 radical (unpaired) electrons. The second-order valence-electron chi connectivity index (χ2n) is 2.02. The number of rotatable bonds is 0. The topological polar surface area (TPSA) is 57.6 Å². The number of allylic oxidation sites excluding steroid dienone is 2. The SMILES string of the molecule is O=C(O)N1C=CC=CCC1=O. The van der Waals surface area contributed by atoms with Crippen LogP contribution in [0.4, 0.5) is 4.79 Å². The maximum atomic E-state index is 10.9. The Kier molecular flexibility index (Phi) is 2.06. The quantitative estimate of drug-likeness (QED) is 0.564. The Morgan fingerprint density at radius 1 is 1.55 bits per heavy atom. The molecule has 0 saturated heterocycles. The molecule has 58 valence electrons. The molecular weight excluding hydrogens is 146 g/mol. The van der Waals surface area contributed by atoms with Gasteiger partial charge in [0.2, 0.25) is 5.91 Å². The molecule has 0 aromatic heterocycles. The Balaban J connectivity index is 2.80. The summed E-state index contributed by atoms with van der Waals surface area (Å²) < 4.78 is 0. The van der Waals surface area contributed by atoms with E-state index in [1.54, 1.807) is 12.2 Å². The first-order valence-electron chi connectivity index (χ1n) is 3.10. The Morgan fingerprint density at radius 2 is 2.27 bits per heavy atom. The first-order chi connectivity index (χ1) is 5.22. The van der Waals surface area contributed by atoms with E-state index in [1.165, 1.54) is 12.3 Å². The zero-order valence-corrected chi connectivity index (χ0v) is 5.73. The fraction of sp³-hybridized carbons (Fsp3) is 0.143. The van der Waals surface area contributed by atoms with E-state index in [-0.39, 0.29) is 6.42 Å². The highest BCUT2D eigenvalue weighted by molar-refractivity contribution is 5.93. The van der Waals surface area contributed by atoms with Crippen LogP contribution >= 0.6 is 0 Å². The molecule has 2 amide bonds. The number of hydrogen-bond acceptors (Lipinski definition) is 2. The molecule has 11 heavy (non-hydrogen) atoms. The van der Waals surface area contributed by atoms with Gasteiger partial charge in [0.05, 0.1) is 0 Å². The van der Waals surface area contributed by atoms with Crippen molar-refractivity contribution in [3.8, 4) is 0 Å². The third-order valence-electron chi connectivity index (χ3n) is 1.25. The normalized spacial score (nSPS) is 16.7. The lowest BCUT2D eigenvalue weighted by Crippen LogP contribution is -2.29. The monoisotopic (exact) mass is 153 g/mol. The molecule has 0 atom stereocenters. The van der Waals surface area contributed by atoms with Crippen molar-refractivity contribution in [3.63, 3.8) is 0 Å². The second kappa shape index (κ2) is 3.01. The van der Waals surface area contributed by atoms with E-state index >= 15 is 0 Å². The highest BCUT2D eigenvalue weighted by Gasteiger charge is 2.16. The van der Waals surface area contributed by atoms with Crippen molar-refractivity contribution >= 4 is 12.0 Å². The molecule has 4 heteroatoms. The summed E-state index contributed by atoms with van der Waals surface area (Å²) in [6, 6.07) is 0. The first kappa shape index (κ1) is 7.53. The van der Waals surface area contributed by atoms with Gasteiger partial charge in [0.1, 0.15) is 0 Å². The lowest BCUT2D eigenvalue weighted by atomic mass is 10.4. The molecule has 0 spiro atoms. The van der Waals surface area contributed by atoms with Crippen LogP contribution in [0, 0.1) is 0 Å². The Labute approximate surface area is 63.4 Å². The fourth-order valence-corrected chi connectivity index (χ4v) is 0.735. The molecule has 0 aromatic rings. The van der Waals surface area contributed by atoms with Crippen molar-refractivity contribution in [2.75, 3.05) is 0 Å². The molecule has 1 aliphatic rings. The predicted octanol–water partition coefficient (Wildman–Crippen LogP) is 0.967. The summed E-state index contributed by atoms with van der Waals surface area (Å²) in [5.74, 6) is -0.428. The molecule has 0 saturated carbocycles. The predicted molar refractivity (Wildman–Crippen MR) is 37.8 cm³/mol. The van der Waals surface area contributed by atoms with E-state index in [9.17, 15) is 9.59 Å². The molecule has 1 heterocycles. The summed E-state index contributed by atoms with van der Waals surface area (Å²) >= 11 is 0. The van der Waals surface area contributed by atoms with Crippen LogP contribution in [0.25, 0.3) is 0 Å². The molecule has 0 bridgehead atoms. The summed E-state index contributed by atoms with van der Waals surface area (Å²) in [5, 5.41) is 8.46. The molecule has 1 rings (SSSR count). The van der Waals surface area contributed by atoms with Gasteiger partial charge in [-0.2, -0.15) is 0 Å². The van der Waals surface area contributed by atoms with Crippen LogP contribution in [0.1, 0.15) is 6.42 Å². The van der Waals surface area contributed by atoms with Crippen LogP contribution in [0.15, 0.2) is 24.4 Å². The Bertz CT molecular complexity index is 242. The van der Waals surface area contributed by atoms with Gasteiger partial charge in [0.15, 0.2) is 0 Å². The largest absolute Gasteiger partial charge is 0.464 e. The van der Waals surface area contributed by atoms with Crippen molar-refractivity contribution in [1.82, 2.24) is 4.90 Å². The molecule has 1 N–H and O–H groups in total. The van der Waals surface area contributed by atoms with E-state index in [0.717, 1.165) is 0 Å². The van der Waals surface area contributed by atoms with Gasteiger partial charge in [-0.1, -0.05) is 12.2 Å². The molecule has 0 aliphatic carbocycles. The summed E-state index contributed by atoms with van der Waals surface area (Å²) in [6.07, 6.45) is 4.89. The lowest BCUT2D eigenvalue weighted by Gasteiger charge is -2.08. The second-order valence-corrected chi connectivity index (χ2v) is 2.02. The zero-order chi connectivity index (χ0) is 8.27. The molecular formula is C7H7NO3. The minimum atomic E-state index is -1.24. The van der Waals surface area contributed by atoms with Crippen LogP contribution < -0.4 is 0 Å². The first-order valence-corrected chi connectivity index (χ1v) is 3.10. The van der Waals surface area contributed by atoms with Crippen LogP contribution in [-0.4, -0.2) is 22.0 Å². The standard InChI is InChI=1S/C7H7NO3/c9-6-4-2-1-3-5-8(6)7(10)11/h1-3,5H,4H2,(H,10,11). The highest BCUT2D eigenvalue weighted by Crippen LogP contribution is 2.02. The van der Waals surface area contributed by atoms with Gasteiger partial charge in [-0.15, -0.1) is 0 Å². The summed E-state index contributed by atoms with van der Waals surface area (Å²) in [5.41, 5.74) is 0. The average molecular weight is 153 g/mol. The number of carbonyl (C=O) groups excluding carboxylic acids is 1. The van der Waals surface area contributed by atoms with Gasteiger partial charge < -0.3 is 5.11 Å². The van der Waals surface area contributed by atoms with Crippen molar-refractivity contribution in [3.05, 3.63) is 24.4 Å².